The molecule has 58 valence electrons. The lowest BCUT2D eigenvalue weighted by Crippen LogP contribution is -1.86. The maximum absolute atomic E-state index is 5.43. The van der Waals surface area contributed by atoms with E-state index < -0.39 is 0 Å². The van der Waals surface area contributed by atoms with Gasteiger partial charge in [0, 0.05) is 0 Å². The first-order chi connectivity index (χ1) is 4.86. The normalized spacial score (nSPS) is 16.6. The summed E-state index contributed by atoms with van der Waals surface area (Å²) in [4.78, 5) is 0. The Hall–Kier alpha value is -0.460. The van der Waals surface area contributed by atoms with Crippen LogP contribution in [0.4, 0.5) is 0 Å². The van der Waals surface area contributed by atoms with Crippen LogP contribution < -0.4 is 0 Å². The van der Waals surface area contributed by atoms with Crippen LogP contribution in [0.15, 0.2) is 11.8 Å². The Kier molecular flexibility index (Phi) is 2.79. The molecule has 0 unspecified atom stereocenters. The lowest BCUT2D eigenvalue weighted by atomic mass is 10.2. The fraction of sp³-hybridized carbons (Fsp3) is 0.778. The van der Waals surface area contributed by atoms with Gasteiger partial charge in [0.05, 0.1) is 12.4 Å². The summed E-state index contributed by atoms with van der Waals surface area (Å²) in [6, 6.07) is 0. The minimum atomic E-state index is 0.563. The molecule has 0 aromatic carbocycles. The van der Waals surface area contributed by atoms with Crippen molar-refractivity contribution in [2.75, 3.05) is 0 Å². The highest BCUT2D eigenvalue weighted by atomic mass is 16.5. The summed E-state index contributed by atoms with van der Waals surface area (Å²) < 4.78 is 5.43. The summed E-state index contributed by atoms with van der Waals surface area (Å²) in [5.74, 6) is 0. The summed E-state index contributed by atoms with van der Waals surface area (Å²) in [6.45, 7) is 4.34. The second-order valence-electron chi connectivity index (χ2n) is 2.82. The summed E-state index contributed by atoms with van der Waals surface area (Å²) in [7, 11) is 0. The third-order valence-corrected chi connectivity index (χ3v) is 1.86. The Morgan fingerprint density at radius 3 is 2.40 bits per heavy atom. The van der Waals surface area contributed by atoms with Crippen LogP contribution in [0, 0.1) is 0 Å². The topological polar surface area (TPSA) is 9.23 Å². The van der Waals surface area contributed by atoms with Crippen LogP contribution in [0.5, 0.6) is 0 Å². The van der Waals surface area contributed by atoms with E-state index in [0.29, 0.717) is 6.10 Å². The van der Waals surface area contributed by atoms with Gasteiger partial charge in [0.2, 0.25) is 0 Å². The zero-order valence-corrected chi connectivity index (χ0v) is 6.89. The summed E-state index contributed by atoms with van der Waals surface area (Å²) >= 11 is 0. The van der Waals surface area contributed by atoms with Crippen molar-refractivity contribution in [1.29, 1.82) is 0 Å². The molecule has 1 fully saturated rings. The Labute approximate surface area is 63.1 Å². The van der Waals surface area contributed by atoms with E-state index in [1.807, 2.05) is 6.26 Å². The van der Waals surface area contributed by atoms with Gasteiger partial charge in [-0.1, -0.05) is 13.8 Å². The molecular formula is C9H16O. The molecule has 0 aromatic rings. The molecule has 0 aromatic heterocycles. The molecule has 1 rings (SSSR count). The average molecular weight is 140 g/mol. The number of ether oxygens (including phenoxy) is 1. The summed E-state index contributed by atoms with van der Waals surface area (Å²) in [6.07, 6.45) is 7.30. The number of hydrogen-bond acceptors (Lipinski definition) is 1. The SMILES string of the molecule is CCC(=COC1CC1)CC. The van der Waals surface area contributed by atoms with Crippen molar-refractivity contribution in [3.05, 3.63) is 11.8 Å². The van der Waals surface area contributed by atoms with Crippen molar-refractivity contribution in [2.45, 2.75) is 45.6 Å². The van der Waals surface area contributed by atoms with Gasteiger partial charge in [-0.3, -0.25) is 0 Å². The van der Waals surface area contributed by atoms with Crippen LogP contribution in [0.1, 0.15) is 39.5 Å². The molecule has 1 heteroatoms. The molecule has 0 amide bonds. The van der Waals surface area contributed by atoms with Crippen molar-refractivity contribution < 1.29 is 4.74 Å². The van der Waals surface area contributed by atoms with Crippen molar-refractivity contribution in [1.82, 2.24) is 0 Å². The second-order valence-corrected chi connectivity index (χ2v) is 2.82. The number of hydrogen-bond donors (Lipinski definition) is 0. The fourth-order valence-corrected chi connectivity index (χ4v) is 0.813. The quantitative estimate of drug-likeness (QED) is 0.545. The molecule has 10 heavy (non-hydrogen) atoms. The third kappa shape index (κ3) is 2.42. The zero-order valence-electron chi connectivity index (χ0n) is 6.89. The predicted molar refractivity (Wildman–Crippen MR) is 42.8 cm³/mol. The molecule has 1 nitrogen and oxygen atoms in total. The molecule has 0 spiro atoms. The highest BCUT2D eigenvalue weighted by molar-refractivity contribution is 4.96. The van der Waals surface area contributed by atoms with E-state index in [2.05, 4.69) is 13.8 Å². The largest absolute Gasteiger partial charge is 0.498 e. The van der Waals surface area contributed by atoms with Crippen LogP contribution in [0.25, 0.3) is 0 Å². The lowest BCUT2D eigenvalue weighted by Gasteiger charge is -2.00. The van der Waals surface area contributed by atoms with E-state index in [0.717, 1.165) is 12.8 Å². The first-order valence-corrected chi connectivity index (χ1v) is 4.20. The Balaban J connectivity index is 2.19. The number of allylic oxidation sites excluding steroid dienone is 1. The maximum Gasteiger partial charge on any atom is 0.0981 e. The van der Waals surface area contributed by atoms with Gasteiger partial charge in [0.15, 0.2) is 0 Å². The molecule has 0 radical (unpaired) electrons. The van der Waals surface area contributed by atoms with Crippen LogP contribution in [-0.2, 0) is 4.74 Å². The van der Waals surface area contributed by atoms with Crippen LogP contribution in [-0.4, -0.2) is 6.10 Å². The van der Waals surface area contributed by atoms with Crippen LogP contribution in [0.2, 0.25) is 0 Å². The van der Waals surface area contributed by atoms with Gasteiger partial charge in [-0.15, -0.1) is 0 Å². The molecule has 0 bridgehead atoms. The van der Waals surface area contributed by atoms with Gasteiger partial charge < -0.3 is 4.74 Å². The molecule has 0 aliphatic heterocycles. The van der Waals surface area contributed by atoms with E-state index in [9.17, 15) is 0 Å². The van der Waals surface area contributed by atoms with Gasteiger partial charge >= 0.3 is 0 Å². The molecule has 0 saturated heterocycles. The van der Waals surface area contributed by atoms with Crippen LogP contribution in [0.3, 0.4) is 0 Å². The molecule has 1 aliphatic rings. The number of rotatable bonds is 4. The summed E-state index contributed by atoms with van der Waals surface area (Å²) in [5, 5.41) is 0. The van der Waals surface area contributed by atoms with Crippen molar-refractivity contribution in [3.8, 4) is 0 Å². The van der Waals surface area contributed by atoms with Crippen molar-refractivity contribution in [3.63, 3.8) is 0 Å². The van der Waals surface area contributed by atoms with Crippen molar-refractivity contribution >= 4 is 0 Å². The zero-order chi connectivity index (χ0) is 7.40. The Bertz CT molecular complexity index is 117. The molecule has 1 aliphatic carbocycles. The van der Waals surface area contributed by atoms with Gasteiger partial charge in [0.25, 0.3) is 0 Å². The molecule has 0 atom stereocenters. The van der Waals surface area contributed by atoms with Gasteiger partial charge in [-0.05, 0) is 31.3 Å². The van der Waals surface area contributed by atoms with Crippen LogP contribution >= 0.6 is 0 Å². The fourth-order valence-electron chi connectivity index (χ4n) is 0.813. The predicted octanol–water partition coefficient (Wildman–Crippen LogP) is 2.87. The monoisotopic (exact) mass is 140 g/mol. The minimum Gasteiger partial charge on any atom is -0.498 e. The Morgan fingerprint density at radius 1 is 1.40 bits per heavy atom. The molecular weight excluding hydrogens is 124 g/mol. The van der Waals surface area contributed by atoms with E-state index in [1.165, 1.54) is 18.4 Å². The lowest BCUT2D eigenvalue weighted by molar-refractivity contribution is 0.230. The van der Waals surface area contributed by atoms with E-state index in [-0.39, 0.29) is 0 Å². The molecule has 1 saturated carbocycles. The Morgan fingerprint density at radius 2 is 2.00 bits per heavy atom. The first kappa shape index (κ1) is 7.64. The van der Waals surface area contributed by atoms with Gasteiger partial charge in [0.1, 0.15) is 0 Å². The molecule has 0 N–H and O–H groups in total. The standard InChI is InChI=1S/C9H16O/c1-3-8(4-2)7-10-9-5-6-9/h7,9H,3-6H2,1-2H3. The van der Waals surface area contributed by atoms with E-state index in [4.69, 9.17) is 4.74 Å². The average Bonchev–Trinajstić information content (AvgIpc) is 2.74. The van der Waals surface area contributed by atoms with E-state index in [1.54, 1.807) is 0 Å². The third-order valence-electron chi connectivity index (χ3n) is 1.86. The second kappa shape index (κ2) is 3.65. The minimum absolute atomic E-state index is 0.563. The van der Waals surface area contributed by atoms with Gasteiger partial charge in [-0.2, -0.15) is 0 Å². The highest BCUT2D eigenvalue weighted by Crippen LogP contribution is 2.24. The smallest absolute Gasteiger partial charge is 0.0981 e. The highest BCUT2D eigenvalue weighted by Gasteiger charge is 2.21. The van der Waals surface area contributed by atoms with E-state index >= 15 is 0 Å². The maximum atomic E-state index is 5.43. The van der Waals surface area contributed by atoms with Crippen molar-refractivity contribution in [2.24, 2.45) is 0 Å². The molecule has 0 heterocycles. The summed E-state index contributed by atoms with van der Waals surface area (Å²) in [5.41, 5.74) is 1.42. The van der Waals surface area contributed by atoms with Gasteiger partial charge in [-0.25, -0.2) is 0 Å². The first-order valence-electron chi connectivity index (χ1n) is 4.20.